The zero-order valence-corrected chi connectivity index (χ0v) is 16.0. The summed E-state index contributed by atoms with van der Waals surface area (Å²) >= 11 is 0. The summed E-state index contributed by atoms with van der Waals surface area (Å²) < 4.78 is 36.3. The fraction of sp³-hybridized carbons (Fsp3) is 0.773. The zero-order chi connectivity index (χ0) is 18.4. The van der Waals surface area contributed by atoms with Crippen LogP contribution in [0.15, 0.2) is 6.20 Å². The van der Waals surface area contributed by atoms with Crippen LogP contribution < -0.4 is 10.1 Å². The van der Waals surface area contributed by atoms with Gasteiger partial charge < -0.3 is 10.1 Å². The van der Waals surface area contributed by atoms with Crippen molar-refractivity contribution in [3.63, 3.8) is 0 Å². The Balaban J connectivity index is 1.42. The number of alkyl halides is 2. The number of fused-ring (bicyclic) bond motifs is 2. The molecule has 1 aromatic heterocycles. The highest BCUT2D eigenvalue weighted by molar-refractivity contribution is 5.62. The number of rotatable bonds is 3. The summed E-state index contributed by atoms with van der Waals surface area (Å²) in [5.74, 6) is 1.96. The molecule has 0 aliphatic heterocycles. The van der Waals surface area contributed by atoms with Gasteiger partial charge in [-0.1, -0.05) is 0 Å². The molecule has 27 heavy (non-hydrogen) atoms. The fourth-order valence-corrected chi connectivity index (χ4v) is 7.92. The van der Waals surface area contributed by atoms with Gasteiger partial charge in [-0.3, -0.25) is 0 Å². The first-order valence-electron chi connectivity index (χ1n) is 10.6. The summed E-state index contributed by atoms with van der Waals surface area (Å²) in [6.45, 7) is 0. The molecule has 8 rings (SSSR count). The van der Waals surface area contributed by atoms with Gasteiger partial charge in [0, 0.05) is 30.4 Å². The smallest absolute Gasteiger partial charge is 0.216 e. The van der Waals surface area contributed by atoms with E-state index in [0.717, 1.165) is 18.0 Å². The number of hydrogen-bond acceptors (Lipinski definition) is 3. The topological polar surface area (TPSA) is 34.1 Å². The van der Waals surface area contributed by atoms with E-state index in [-0.39, 0.29) is 12.3 Å². The van der Waals surface area contributed by atoms with E-state index < -0.39 is 16.9 Å². The lowest BCUT2D eigenvalue weighted by Crippen LogP contribution is -2.65. The molecule has 0 radical (unpaired) electrons. The molecule has 0 amide bonds. The van der Waals surface area contributed by atoms with Crippen molar-refractivity contribution in [2.75, 3.05) is 12.4 Å². The Morgan fingerprint density at radius 3 is 2.19 bits per heavy atom. The Bertz CT molecular complexity index is 786. The Kier molecular flexibility index (Phi) is 3.16. The van der Waals surface area contributed by atoms with Crippen molar-refractivity contribution in [2.45, 2.75) is 92.9 Å². The minimum Gasteiger partial charge on any atom is -0.481 e. The predicted octanol–water partition coefficient (Wildman–Crippen LogP) is 5.41. The zero-order valence-electron chi connectivity index (χ0n) is 16.0. The fourth-order valence-electron chi connectivity index (χ4n) is 7.92. The van der Waals surface area contributed by atoms with Gasteiger partial charge in [0.2, 0.25) is 5.88 Å². The van der Waals surface area contributed by atoms with Gasteiger partial charge in [-0.15, -0.1) is 0 Å². The molecule has 7 aliphatic rings. The molecule has 3 nitrogen and oxygen atoms in total. The molecule has 146 valence electrons. The number of nitrogens with one attached hydrogen (secondary N) is 1. The number of nitrogens with zero attached hydrogens (tertiary/aromatic N) is 1. The number of pyridine rings is 1. The van der Waals surface area contributed by atoms with Crippen LogP contribution in [-0.2, 0) is 0 Å². The summed E-state index contributed by atoms with van der Waals surface area (Å²) in [5.41, 5.74) is 0.499. The van der Waals surface area contributed by atoms with E-state index in [1.807, 2.05) is 6.20 Å². The van der Waals surface area contributed by atoms with E-state index in [2.05, 4.69) is 10.3 Å². The number of hydrogen-bond donors (Lipinski definition) is 1. The summed E-state index contributed by atoms with van der Waals surface area (Å²) in [6.07, 6.45) is 9.65. The molecule has 2 atom stereocenters. The number of aromatic nitrogens is 1. The van der Waals surface area contributed by atoms with Gasteiger partial charge in [0.1, 0.15) is 11.3 Å². The monoisotopic (exact) mass is 374 g/mol. The predicted molar refractivity (Wildman–Crippen MR) is 100.0 cm³/mol. The molecule has 5 saturated carbocycles. The Labute approximate surface area is 159 Å². The largest absolute Gasteiger partial charge is 0.481 e. The maximum Gasteiger partial charge on any atom is 0.216 e. The van der Waals surface area contributed by atoms with E-state index in [1.165, 1.54) is 36.8 Å². The van der Waals surface area contributed by atoms with E-state index >= 15 is 8.78 Å². The lowest BCUT2D eigenvalue weighted by Gasteiger charge is -2.61. The minimum atomic E-state index is -1.33. The molecule has 1 N–H and O–H groups in total. The highest BCUT2D eigenvalue weighted by Crippen LogP contribution is 2.63. The molecule has 6 bridgehead atoms. The third kappa shape index (κ3) is 2.32. The van der Waals surface area contributed by atoms with Crippen LogP contribution in [0.4, 0.5) is 14.5 Å². The summed E-state index contributed by atoms with van der Waals surface area (Å²) in [4.78, 5) is 4.59. The van der Waals surface area contributed by atoms with E-state index in [4.69, 9.17) is 4.74 Å². The Morgan fingerprint density at radius 2 is 1.59 bits per heavy atom. The summed E-state index contributed by atoms with van der Waals surface area (Å²) in [5, 5.41) is 3.70. The van der Waals surface area contributed by atoms with E-state index in [1.54, 1.807) is 7.11 Å². The SMILES string of the molecule is COc1ncc(NC23CC4CC(F)(CC(F)(C4)C2)C3)c2c1C1CCC2CC1. The van der Waals surface area contributed by atoms with Gasteiger partial charge in [0.15, 0.2) is 0 Å². The first kappa shape index (κ1) is 16.6. The lowest BCUT2D eigenvalue weighted by atomic mass is 9.50. The first-order valence-corrected chi connectivity index (χ1v) is 10.6. The molecule has 1 heterocycles. The molecular formula is C22H28F2N2O. The maximum atomic E-state index is 15.4. The van der Waals surface area contributed by atoms with Gasteiger partial charge in [0.25, 0.3) is 0 Å². The molecule has 5 heteroatoms. The third-order valence-corrected chi connectivity index (χ3v) is 8.19. The molecule has 5 fully saturated rings. The molecule has 2 unspecified atom stereocenters. The number of anilines is 1. The second-order valence-corrected chi connectivity index (χ2v) is 10.3. The maximum absolute atomic E-state index is 15.4. The Hall–Kier alpha value is -1.39. The standard InChI is InChI=1S/C22H28F2N2O/c1-27-19-18-15-4-2-14(3-5-15)17(18)16(9-25-19)26-22-8-13-6-20(23,11-22)10-21(24,7-13)12-22/h9,13-15,26H,2-8,10-12H2,1H3. The van der Waals surface area contributed by atoms with Crippen molar-refractivity contribution in [2.24, 2.45) is 5.92 Å². The van der Waals surface area contributed by atoms with Gasteiger partial charge in [-0.2, -0.15) is 0 Å². The lowest BCUT2D eigenvalue weighted by molar-refractivity contribution is -0.137. The van der Waals surface area contributed by atoms with Gasteiger partial charge >= 0.3 is 0 Å². The van der Waals surface area contributed by atoms with Crippen molar-refractivity contribution in [1.82, 2.24) is 4.98 Å². The normalized spacial score (nSPS) is 46.4. The molecule has 7 aliphatic carbocycles. The van der Waals surface area contributed by atoms with Crippen LogP contribution in [0.3, 0.4) is 0 Å². The second kappa shape index (κ2) is 5.15. The third-order valence-electron chi connectivity index (χ3n) is 8.19. The first-order chi connectivity index (χ1) is 12.9. The highest BCUT2D eigenvalue weighted by atomic mass is 19.2. The van der Waals surface area contributed by atoms with Crippen LogP contribution in [-0.4, -0.2) is 29.0 Å². The van der Waals surface area contributed by atoms with Crippen molar-refractivity contribution < 1.29 is 13.5 Å². The second-order valence-electron chi connectivity index (χ2n) is 10.3. The molecule has 0 saturated heterocycles. The van der Waals surface area contributed by atoms with Crippen LogP contribution in [0.25, 0.3) is 0 Å². The average Bonchev–Trinajstić information content (AvgIpc) is 2.59. The van der Waals surface area contributed by atoms with Gasteiger partial charge in [-0.05, 0) is 68.3 Å². The number of ether oxygens (including phenoxy) is 1. The molecule has 0 spiro atoms. The highest BCUT2D eigenvalue weighted by Gasteiger charge is 2.65. The Morgan fingerprint density at radius 1 is 0.963 bits per heavy atom. The summed E-state index contributed by atoms with van der Waals surface area (Å²) in [7, 11) is 1.69. The van der Waals surface area contributed by atoms with Crippen molar-refractivity contribution >= 4 is 5.69 Å². The van der Waals surface area contributed by atoms with E-state index in [9.17, 15) is 0 Å². The number of methoxy groups -OCH3 is 1. The van der Waals surface area contributed by atoms with Gasteiger partial charge in [-0.25, -0.2) is 13.8 Å². The quantitative estimate of drug-likeness (QED) is 0.768. The number of halogens is 2. The minimum absolute atomic E-state index is 0.101. The average molecular weight is 374 g/mol. The molecule has 1 aromatic rings. The van der Waals surface area contributed by atoms with Crippen LogP contribution in [0, 0.1) is 5.92 Å². The van der Waals surface area contributed by atoms with Crippen LogP contribution >= 0.6 is 0 Å². The van der Waals surface area contributed by atoms with Crippen molar-refractivity contribution in [3.8, 4) is 5.88 Å². The van der Waals surface area contributed by atoms with Crippen LogP contribution in [0.2, 0.25) is 0 Å². The van der Waals surface area contributed by atoms with Crippen molar-refractivity contribution in [1.29, 1.82) is 0 Å². The van der Waals surface area contributed by atoms with Crippen LogP contribution in [0.1, 0.15) is 87.2 Å². The molecule has 0 aromatic carbocycles. The van der Waals surface area contributed by atoms with E-state index in [0.29, 0.717) is 37.5 Å². The van der Waals surface area contributed by atoms with Crippen molar-refractivity contribution in [3.05, 3.63) is 17.3 Å². The molecular weight excluding hydrogens is 346 g/mol. The summed E-state index contributed by atoms with van der Waals surface area (Å²) in [6, 6.07) is 0. The van der Waals surface area contributed by atoms with Gasteiger partial charge in [0.05, 0.1) is 19.0 Å². The van der Waals surface area contributed by atoms with Crippen LogP contribution in [0.5, 0.6) is 5.88 Å².